The molecule has 16 heavy (non-hydrogen) atoms. The van der Waals surface area contributed by atoms with Crippen molar-refractivity contribution in [3.63, 3.8) is 0 Å². The van der Waals surface area contributed by atoms with Gasteiger partial charge in [-0.3, -0.25) is 4.79 Å². The molecule has 0 aromatic rings. The number of amides is 2. The summed E-state index contributed by atoms with van der Waals surface area (Å²) in [5.74, 6) is -0.123. The van der Waals surface area contributed by atoms with E-state index in [4.69, 9.17) is 10.5 Å². The third-order valence-corrected chi connectivity index (χ3v) is 2.09. The van der Waals surface area contributed by atoms with Crippen LogP contribution in [0.1, 0.15) is 6.42 Å². The first-order chi connectivity index (χ1) is 7.68. The first-order valence-corrected chi connectivity index (χ1v) is 5.19. The highest BCUT2D eigenvalue weighted by molar-refractivity contribution is 5.76. The second-order valence-electron chi connectivity index (χ2n) is 3.42. The molecule has 1 fully saturated rings. The quantitative estimate of drug-likeness (QED) is 0.504. The average molecular weight is 231 g/mol. The monoisotopic (exact) mass is 231 g/mol. The zero-order valence-electron chi connectivity index (χ0n) is 9.03. The maximum Gasteiger partial charge on any atom is 0.404 e. The molecule has 92 valence electrons. The summed E-state index contributed by atoms with van der Waals surface area (Å²) >= 11 is 0. The number of nitrogens with one attached hydrogen (secondary N) is 2. The second kappa shape index (κ2) is 7.02. The van der Waals surface area contributed by atoms with E-state index in [0.29, 0.717) is 19.6 Å². The topological polar surface area (TPSA) is 103 Å². The molecule has 1 saturated heterocycles. The Morgan fingerprint density at radius 3 is 3.00 bits per heavy atom. The highest BCUT2D eigenvalue weighted by atomic mass is 16.5. The van der Waals surface area contributed by atoms with Crippen molar-refractivity contribution in [1.29, 1.82) is 0 Å². The highest BCUT2D eigenvalue weighted by Crippen LogP contribution is 2.00. The van der Waals surface area contributed by atoms with Crippen LogP contribution in [0.25, 0.3) is 0 Å². The Morgan fingerprint density at radius 2 is 2.38 bits per heavy atom. The molecule has 1 rings (SSSR count). The fourth-order valence-electron chi connectivity index (χ4n) is 1.37. The largest absolute Gasteiger partial charge is 0.448 e. The molecule has 1 aliphatic rings. The van der Waals surface area contributed by atoms with Gasteiger partial charge in [-0.25, -0.2) is 4.79 Å². The lowest BCUT2D eigenvalue weighted by atomic mass is 10.2. The summed E-state index contributed by atoms with van der Waals surface area (Å²) in [4.78, 5) is 21.6. The lowest BCUT2D eigenvalue weighted by molar-refractivity contribution is -0.124. The van der Waals surface area contributed by atoms with Gasteiger partial charge in [0.15, 0.2) is 0 Å². The molecule has 7 nitrogen and oxygen atoms in total. The van der Waals surface area contributed by atoms with Crippen LogP contribution in [0.2, 0.25) is 0 Å². The molecule has 0 bridgehead atoms. The van der Waals surface area contributed by atoms with E-state index in [2.05, 4.69) is 15.4 Å². The summed E-state index contributed by atoms with van der Waals surface area (Å²) in [6, 6.07) is 0. The lowest BCUT2D eigenvalue weighted by Crippen LogP contribution is -2.41. The Balaban J connectivity index is 2.03. The number of hydrogen-bond acceptors (Lipinski definition) is 5. The summed E-state index contributed by atoms with van der Waals surface area (Å²) in [7, 11) is 0. The van der Waals surface area contributed by atoms with Crippen LogP contribution >= 0.6 is 0 Å². The van der Waals surface area contributed by atoms with Gasteiger partial charge >= 0.3 is 6.09 Å². The van der Waals surface area contributed by atoms with Gasteiger partial charge in [-0.2, -0.15) is 0 Å². The number of ether oxygens (including phenoxy) is 2. The zero-order valence-corrected chi connectivity index (χ0v) is 9.03. The Labute approximate surface area is 93.6 Å². The van der Waals surface area contributed by atoms with Crippen molar-refractivity contribution >= 4 is 12.0 Å². The van der Waals surface area contributed by atoms with Gasteiger partial charge in [0.05, 0.1) is 25.7 Å². The summed E-state index contributed by atoms with van der Waals surface area (Å²) in [5, 5.41) is 5.74. The third-order valence-electron chi connectivity index (χ3n) is 2.09. The molecule has 0 spiro atoms. The molecule has 0 aromatic carbocycles. The van der Waals surface area contributed by atoms with Gasteiger partial charge in [-0.05, 0) is 0 Å². The van der Waals surface area contributed by atoms with Crippen molar-refractivity contribution in [2.24, 2.45) is 5.73 Å². The molecule has 1 unspecified atom stereocenters. The molecule has 1 atom stereocenters. The first kappa shape index (κ1) is 12.7. The third kappa shape index (κ3) is 5.52. The van der Waals surface area contributed by atoms with Crippen molar-refractivity contribution in [2.75, 3.05) is 32.8 Å². The minimum absolute atomic E-state index is 0.0780. The van der Waals surface area contributed by atoms with Gasteiger partial charge in [-0.15, -0.1) is 0 Å². The Bertz CT molecular complexity index is 241. The number of nitrogens with two attached hydrogens (primary N) is 1. The number of hydrogen-bond donors (Lipinski definition) is 3. The van der Waals surface area contributed by atoms with E-state index in [1.165, 1.54) is 0 Å². The van der Waals surface area contributed by atoms with Crippen LogP contribution in [0.3, 0.4) is 0 Å². The average Bonchev–Trinajstić information content (AvgIpc) is 2.25. The predicted molar refractivity (Wildman–Crippen MR) is 55.8 cm³/mol. The van der Waals surface area contributed by atoms with Gasteiger partial charge in [0, 0.05) is 13.1 Å². The number of carbonyl (C=O) groups excluding carboxylic acids is 2. The molecule has 0 aromatic heterocycles. The van der Waals surface area contributed by atoms with Crippen LogP contribution in [-0.4, -0.2) is 51.0 Å². The normalized spacial score (nSPS) is 20.1. The highest BCUT2D eigenvalue weighted by Gasteiger charge is 2.16. The molecule has 0 saturated carbocycles. The standard InChI is InChI=1S/C9H17N3O4/c10-9(14)16-4-2-12-8(13)5-7-6-11-1-3-15-7/h7,11H,1-6H2,(H2,10,14)(H,12,13). The second-order valence-corrected chi connectivity index (χ2v) is 3.42. The van der Waals surface area contributed by atoms with Gasteiger partial charge in [-0.1, -0.05) is 0 Å². The number of rotatable bonds is 5. The summed E-state index contributed by atoms with van der Waals surface area (Å²) < 4.78 is 9.83. The smallest absolute Gasteiger partial charge is 0.404 e. The molecule has 1 aliphatic heterocycles. The van der Waals surface area contributed by atoms with E-state index < -0.39 is 6.09 Å². The molecule has 4 N–H and O–H groups in total. The van der Waals surface area contributed by atoms with Crippen molar-refractivity contribution in [3.8, 4) is 0 Å². The zero-order chi connectivity index (χ0) is 11.8. The van der Waals surface area contributed by atoms with E-state index in [1.54, 1.807) is 0 Å². The maximum absolute atomic E-state index is 11.4. The van der Waals surface area contributed by atoms with Crippen LogP contribution in [0.5, 0.6) is 0 Å². The van der Waals surface area contributed by atoms with Gasteiger partial charge in [0.1, 0.15) is 6.61 Å². The van der Waals surface area contributed by atoms with Gasteiger partial charge in [0.25, 0.3) is 0 Å². The fraction of sp³-hybridized carbons (Fsp3) is 0.778. The van der Waals surface area contributed by atoms with Crippen molar-refractivity contribution in [1.82, 2.24) is 10.6 Å². The van der Waals surface area contributed by atoms with Gasteiger partial charge in [0.2, 0.25) is 5.91 Å². The molecular weight excluding hydrogens is 214 g/mol. The molecule has 0 aliphatic carbocycles. The Hall–Kier alpha value is -1.34. The number of morpholine rings is 1. The minimum Gasteiger partial charge on any atom is -0.448 e. The molecular formula is C9H17N3O4. The van der Waals surface area contributed by atoms with E-state index in [-0.39, 0.29) is 25.2 Å². The Kier molecular flexibility index (Phi) is 5.58. The van der Waals surface area contributed by atoms with Crippen molar-refractivity contribution in [3.05, 3.63) is 0 Å². The predicted octanol–water partition coefficient (Wildman–Crippen LogP) is -1.42. The fourth-order valence-corrected chi connectivity index (χ4v) is 1.37. The minimum atomic E-state index is -0.839. The van der Waals surface area contributed by atoms with E-state index >= 15 is 0 Å². The summed E-state index contributed by atoms with van der Waals surface area (Å²) in [6.45, 7) is 2.49. The summed E-state index contributed by atoms with van der Waals surface area (Å²) in [5.41, 5.74) is 4.76. The van der Waals surface area contributed by atoms with Crippen LogP contribution in [-0.2, 0) is 14.3 Å². The number of carbonyl (C=O) groups is 2. The van der Waals surface area contributed by atoms with Crippen molar-refractivity contribution < 1.29 is 19.1 Å². The first-order valence-electron chi connectivity index (χ1n) is 5.19. The lowest BCUT2D eigenvalue weighted by Gasteiger charge is -2.22. The van der Waals surface area contributed by atoms with Crippen LogP contribution in [0.4, 0.5) is 4.79 Å². The van der Waals surface area contributed by atoms with Crippen LogP contribution < -0.4 is 16.4 Å². The van der Waals surface area contributed by atoms with E-state index in [9.17, 15) is 9.59 Å². The van der Waals surface area contributed by atoms with Crippen molar-refractivity contribution in [2.45, 2.75) is 12.5 Å². The summed E-state index contributed by atoms with van der Waals surface area (Å²) in [6.07, 6.45) is -0.608. The van der Waals surface area contributed by atoms with Crippen LogP contribution in [0, 0.1) is 0 Å². The van der Waals surface area contributed by atoms with E-state index in [0.717, 1.165) is 6.54 Å². The molecule has 0 radical (unpaired) electrons. The molecule has 1 heterocycles. The van der Waals surface area contributed by atoms with E-state index in [1.807, 2.05) is 0 Å². The molecule has 2 amide bonds. The Morgan fingerprint density at radius 1 is 1.56 bits per heavy atom. The maximum atomic E-state index is 11.4. The molecule has 7 heteroatoms. The number of primary amides is 1. The van der Waals surface area contributed by atoms with Gasteiger partial charge < -0.3 is 25.8 Å². The van der Waals surface area contributed by atoms with Crippen LogP contribution in [0.15, 0.2) is 0 Å². The SMILES string of the molecule is NC(=O)OCCNC(=O)CC1CNCCO1.